The number of rotatable bonds is 6. The third-order valence-corrected chi connectivity index (χ3v) is 5.10. The Morgan fingerprint density at radius 2 is 2.23 bits per heavy atom. The van der Waals surface area contributed by atoms with Gasteiger partial charge in [0.05, 0.1) is 20.0 Å². The van der Waals surface area contributed by atoms with Crippen LogP contribution in [-0.4, -0.2) is 46.4 Å². The number of hydrogen-bond donors (Lipinski definition) is 0. The molecular weight excluding hydrogens is 309 g/mol. The third-order valence-electron chi connectivity index (χ3n) is 4.56. The van der Waals surface area contributed by atoms with Crippen molar-refractivity contribution in [3.05, 3.63) is 29.6 Å². The Labute approximate surface area is 130 Å². The first kappa shape index (κ1) is 15.7. The maximum atomic E-state index is 13.7. The second kappa shape index (κ2) is 5.47. The average Bonchev–Trinajstić information content (AvgIpc) is 2.99. The van der Waals surface area contributed by atoms with Gasteiger partial charge in [0.25, 0.3) is 10.1 Å². The normalized spacial score (nSPS) is 27.7. The van der Waals surface area contributed by atoms with Gasteiger partial charge in [-0.25, -0.2) is 4.39 Å². The molecule has 0 bridgehead atoms. The number of piperidine rings is 1. The summed E-state index contributed by atoms with van der Waals surface area (Å²) in [5.74, 6) is 0.364. The molecule has 0 aromatic heterocycles. The van der Waals surface area contributed by atoms with Crippen molar-refractivity contribution in [2.45, 2.75) is 13.0 Å². The van der Waals surface area contributed by atoms with Crippen molar-refractivity contribution in [2.24, 2.45) is 11.3 Å². The molecule has 2 fully saturated rings. The lowest BCUT2D eigenvalue weighted by atomic mass is 10.1. The van der Waals surface area contributed by atoms with E-state index in [1.165, 1.54) is 13.2 Å². The highest BCUT2D eigenvalue weighted by atomic mass is 32.2. The minimum atomic E-state index is -3.39. The molecule has 1 aliphatic carbocycles. The van der Waals surface area contributed by atoms with Crippen LogP contribution in [0, 0.1) is 17.2 Å². The van der Waals surface area contributed by atoms with Crippen molar-refractivity contribution >= 4 is 10.1 Å². The first-order valence-electron chi connectivity index (χ1n) is 7.20. The molecule has 1 saturated heterocycles. The van der Waals surface area contributed by atoms with Gasteiger partial charge in [0.2, 0.25) is 0 Å². The van der Waals surface area contributed by atoms with Crippen LogP contribution in [0.2, 0.25) is 0 Å². The molecule has 0 spiro atoms. The van der Waals surface area contributed by atoms with Crippen LogP contribution in [0.25, 0.3) is 0 Å². The Kier molecular flexibility index (Phi) is 3.91. The molecule has 1 aromatic carbocycles. The molecule has 0 radical (unpaired) electrons. The number of fused-ring (bicyclic) bond motifs is 1. The summed E-state index contributed by atoms with van der Waals surface area (Å²) in [5, 5.41) is 0. The van der Waals surface area contributed by atoms with Gasteiger partial charge in [0, 0.05) is 25.0 Å². The third kappa shape index (κ3) is 3.26. The first-order valence-corrected chi connectivity index (χ1v) is 9.02. The van der Waals surface area contributed by atoms with E-state index in [2.05, 4.69) is 4.90 Å². The van der Waals surface area contributed by atoms with Gasteiger partial charge < -0.3 is 4.74 Å². The molecule has 1 aliphatic heterocycles. The SMILES string of the molecule is COc1ccc(CN2CC3CC3(COS(C)(=O)=O)C2)cc1F. The van der Waals surface area contributed by atoms with Crippen LogP contribution >= 0.6 is 0 Å². The maximum absolute atomic E-state index is 13.7. The van der Waals surface area contributed by atoms with Gasteiger partial charge in [-0.3, -0.25) is 9.08 Å². The van der Waals surface area contributed by atoms with Crippen LogP contribution in [-0.2, 0) is 20.8 Å². The molecule has 1 heterocycles. The van der Waals surface area contributed by atoms with E-state index in [1.807, 2.05) is 6.07 Å². The number of nitrogens with zero attached hydrogens (tertiary/aromatic N) is 1. The largest absolute Gasteiger partial charge is 0.494 e. The van der Waals surface area contributed by atoms with Crippen LogP contribution in [0.3, 0.4) is 0 Å². The number of ether oxygens (including phenoxy) is 1. The van der Waals surface area contributed by atoms with E-state index in [-0.39, 0.29) is 23.6 Å². The van der Waals surface area contributed by atoms with Crippen molar-refractivity contribution in [3.8, 4) is 5.75 Å². The van der Waals surface area contributed by atoms with E-state index in [4.69, 9.17) is 8.92 Å². The zero-order valence-corrected chi connectivity index (χ0v) is 13.5. The predicted octanol–water partition coefficient (Wildman–Crippen LogP) is 1.63. The van der Waals surface area contributed by atoms with Crippen LogP contribution in [0.1, 0.15) is 12.0 Å². The molecular formula is C15H20FNO4S. The van der Waals surface area contributed by atoms with Gasteiger partial charge in [-0.05, 0) is 30.0 Å². The summed E-state index contributed by atoms with van der Waals surface area (Å²) in [6.45, 7) is 2.60. The van der Waals surface area contributed by atoms with Crippen molar-refractivity contribution in [2.75, 3.05) is 33.1 Å². The highest BCUT2D eigenvalue weighted by Gasteiger charge is 2.60. The zero-order valence-electron chi connectivity index (χ0n) is 12.7. The lowest BCUT2D eigenvalue weighted by Gasteiger charge is -2.20. The van der Waals surface area contributed by atoms with Crippen molar-refractivity contribution < 1.29 is 21.7 Å². The molecule has 3 rings (SSSR count). The fourth-order valence-electron chi connectivity index (χ4n) is 3.34. The summed E-state index contributed by atoms with van der Waals surface area (Å²) in [4.78, 5) is 2.22. The van der Waals surface area contributed by atoms with Gasteiger partial charge in [-0.1, -0.05) is 6.07 Å². The van der Waals surface area contributed by atoms with Gasteiger partial charge in [0.15, 0.2) is 11.6 Å². The number of benzene rings is 1. The number of likely N-dealkylation sites (tertiary alicyclic amines) is 1. The monoisotopic (exact) mass is 329 g/mol. The Balaban J connectivity index is 1.59. The maximum Gasteiger partial charge on any atom is 0.264 e. The minimum absolute atomic E-state index is 0.0336. The Hall–Kier alpha value is -1.18. The Morgan fingerprint density at radius 3 is 2.86 bits per heavy atom. The summed E-state index contributed by atoms with van der Waals surface area (Å²) < 4.78 is 45.9. The minimum Gasteiger partial charge on any atom is -0.494 e. The summed E-state index contributed by atoms with van der Waals surface area (Å²) in [7, 11) is -1.95. The van der Waals surface area contributed by atoms with Gasteiger partial charge in [0.1, 0.15) is 0 Å². The van der Waals surface area contributed by atoms with E-state index in [0.717, 1.165) is 31.3 Å². The van der Waals surface area contributed by atoms with E-state index in [1.54, 1.807) is 6.07 Å². The molecule has 2 aliphatic rings. The smallest absolute Gasteiger partial charge is 0.264 e. The highest BCUT2D eigenvalue weighted by Crippen LogP contribution is 2.58. The molecule has 1 aromatic rings. The van der Waals surface area contributed by atoms with Crippen molar-refractivity contribution in [3.63, 3.8) is 0 Å². The summed E-state index contributed by atoms with van der Waals surface area (Å²) in [6.07, 6.45) is 2.09. The van der Waals surface area contributed by atoms with E-state index >= 15 is 0 Å². The Bertz CT molecular complexity index is 678. The summed E-state index contributed by atoms with van der Waals surface area (Å²) in [6, 6.07) is 4.97. The second-order valence-electron chi connectivity index (χ2n) is 6.37. The average molecular weight is 329 g/mol. The van der Waals surface area contributed by atoms with Crippen molar-refractivity contribution in [1.29, 1.82) is 0 Å². The lowest BCUT2D eigenvalue weighted by Crippen LogP contribution is -2.27. The lowest BCUT2D eigenvalue weighted by molar-refractivity contribution is 0.206. The number of halogens is 1. The number of methoxy groups -OCH3 is 1. The molecule has 122 valence electrons. The van der Waals surface area contributed by atoms with E-state index in [0.29, 0.717) is 12.5 Å². The van der Waals surface area contributed by atoms with Gasteiger partial charge in [-0.15, -0.1) is 0 Å². The first-order chi connectivity index (χ1) is 10.3. The molecule has 5 nitrogen and oxygen atoms in total. The van der Waals surface area contributed by atoms with Crippen molar-refractivity contribution in [1.82, 2.24) is 4.90 Å². The van der Waals surface area contributed by atoms with Crippen LogP contribution < -0.4 is 4.74 Å². The fourth-order valence-corrected chi connectivity index (χ4v) is 3.79. The topological polar surface area (TPSA) is 55.8 Å². The standard InChI is InChI=1S/C15H20FNO4S/c1-20-14-4-3-11(5-13(14)16)7-17-8-12-6-15(12,9-17)10-21-22(2,18)19/h3-5,12H,6-10H2,1-2H3. The Morgan fingerprint density at radius 1 is 1.45 bits per heavy atom. The zero-order chi connectivity index (χ0) is 16.0. The van der Waals surface area contributed by atoms with E-state index < -0.39 is 10.1 Å². The van der Waals surface area contributed by atoms with Crippen LogP contribution in [0.15, 0.2) is 18.2 Å². The second-order valence-corrected chi connectivity index (χ2v) is 8.01. The van der Waals surface area contributed by atoms with Gasteiger partial charge >= 0.3 is 0 Å². The molecule has 0 N–H and O–H groups in total. The summed E-state index contributed by atoms with van der Waals surface area (Å²) >= 11 is 0. The molecule has 2 atom stereocenters. The molecule has 2 unspecified atom stereocenters. The fraction of sp³-hybridized carbons (Fsp3) is 0.600. The van der Waals surface area contributed by atoms with E-state index in [9.17, 15) is 12.8 Å². The molecule has 7 heteroatoms. The quantitative estimate of drug-likeness (QED) is 0.743. The molecule has 22 heavy (non-hydrogen) atoms. The highest BCUT2D eigenvalue weighted by molar-refractivity contribution is 7.85. The van der Waals surface area contributed by atoms with Crippen LogP contribution in [0.5, 0.6) is 5.75 Å². The van der Waals surface area contributed by atoms with Gasteiger partial charge in [-0.2, -0.15) is 8.42 Å². The summed E-state index contributed by atoms with van der Waals surface area (Å²) in [5.41, 5.74) is 0.854. The molecule has 1 saturated carbocycles. The predicted molar refractivity (Wildman–Crippen MR) is 79.6 cm³/mol. The number of hydrogen-bond acceptors (Lipinski definition) is 5. The van der Waals surface area contributed by atoms with Crippen LogP contribution in [0.4, 0.5) is 4.39 Å². The molecule has 0 amide bonds.